The van der Waals surface area contributed by atoms with Crippen molar-refractivity contribution in [2.45, 2.75) is 38.2 Å². The second-order valence-electron chi connectivity index (χ2n) is 5.32. The predicted octanol–water partition coefficient (Wildman–Crippen LogP) is 2.79. The molecule has 0 saturated heterocycles. The minimum Gasteiger partial charge on any atom is -0.364 e. The number of halogens is 2. The maximum Gasteiger partial charge on any atom is 0.287 e. The van der Waals surface area contributed by atoms with Gasteiger partial charge in [-0.15, -0.1) is 11.8 Å². The molecular weight excluding hydrogens is 310 g/mol. The Labute approximate surface area is 132 Å². The molecule has 7 heteroatoms. The summed E-state index contributed by atoms with van der Waals surface area (Å²) in [6.45, 7) is 3.49. The van der Waals surface area contributed by atoms with E-state index in [1.165, 1.54) is 18.7 Å². The molecule has 22 heavy (non-hydrogen) atoms. The van der Waals surface area contributed by atoms with Crippen LogP contribution in [0.4, 0.5) is 8.78 Å². The molecule has 1 aromatic carbocycles. The molecule has 120 valence electrons. The van der Waals surface area contributed by atoms with Crippen molar-refractivity contribution in [2.24, 2.45) is 5.10 Å². The summed E-state index contributed by atoms with van der Waals surface area (Å²) < 4.78 is 26.0. The third-order valence-electron chi connectivity index (χ3n) is 3.48. The van der Waals surface area contributed by atoms with E-state index >= 15 is 0 Å². The molecule has 2 rings (SSSR count). The molecule has 0 spiro atoms. The minimum absolute atomic E-state index is 0.0137. The highest BCUT2D eigenvalue weighted by molar-refractivity contribution is 7.99. The van der Waals surface area contributed by atoms with Crippen molar-refractivity contribution < 1.29 is 18.7 Å². The highest BCUT2D eigenvalue weighted by Gasteiger charge is 2.50. The molecule has 0 fully saturated rings. The van der Waals surface area contributed by atoms with Crippen LogP contribution in [0.2, 0.25) is 0 Å². The van der Waals surface area contributed by atoms with E-state index in [1.54, 1.807) is 0 Å². The van der Waals surface area contributed by atoms with Crippen molar-refractivity contribution in [3.63, 3.8) is 0 Å². The fraction of sp³-hybridized carbons (Fsp3) is 0.467. The fourth-order valence-corrected chi connectivity index (χ4v) is 3.21. The lowest BCUT2D eigenvalue weighted by Crippen LogP contribution is -2.52. The zero-order valence-corrected chi connectivity index (χ0v) is 13.2. The lowest BCUT2D eigenvalue weighted by Gasteiger charge is -2.29. The number of alkyl halides is 2. The van der Waals surface area contributed by atoms with E-state index in [0.717, 1.165) is 11.1 Å². The Morgan fingerprint density at radius 1 is 1.45 bits per heavy atom. The Kier molecular flexibility index (Phi) is 5.18. The second kappa shape index (κ2) is 6.75. The van der Waals surface area contributed by atoms with Gasteiger partial charge in [-0.3, -0.25) is 4.79 Å². The summed E-state index contributed by atoms with van der Waals surface area (Å²) in [6.07, 6.45) is -3.38. The Morgan fingerprint density at radius 3 is 2.77 bits per heavy atom. The number of thioether (sulfide) groups is 1. The summed E-state index contributed by atoms with van der Waals surface area (Å²) in [5.74, 6) is -0.0272. The molecule has 0 saturated carbocycles. The molecule has 1 atom stereocenters. The van der Waals surface area contributed by atoms with Gasteiger partial charge in [0.05, 0.1) is 5.75 Å². The first-order chi connectivity index (χ1) is 10.3. The standard InChI is InChI=1S/C15H18F2N2O2S/c1-10-5-3-4-6-12(10)8-22-9-13(20)19-15(21,14(16)17)7-11(2)18-19/h3-6,14,21H,7-9H2,1-2H3. The van der Waals surface area contributed by atoms with Gasteiger partial charge in [0.15, 0.2) is 0 Å². The van der Waals surface area contributed by atoms with Gasteiger partial charge < -0.3 is 5.11 Å². The fourth-order valence-electron chi connectivity index (χ4n) is 2.27. The van der Waals surface area contributed by atoms with Crippen LogP contribution >= 0.6 is 11.8 Å². The van der Waals surface area contributed by atoms with Crippen molar-refractivity contribution >= 4 is 23.4 Å². The third kappa shape index (κ3) is 3.47. The molecule has 0 bridgehead atoms. The number of aliphatic hydroxyl groups is 1. The van der Waals surface area contributed by atoms with Crippen LogP contribution in [0, 0.1) is 6.92 Å². The number of hydrogen-bond donors (Lipinski definition) is 1. The summed E-state index contributed by atoms with van der Waals surface area (Å²) in [7, 11) is 0. The van der Waals surface area contributed by atoms with Gasteiger partial charge in [0.1, 0.15) is 0 Å². The molecule has 4 nitrogen and oxygen atoms in total. The second-order valence-corrected chi connectivity index (χ2v) is 6.30. The number of hydrogen-bond acceptors (Lipinski definition) is 4. The number of amides is 1. The first kappa shape index (κ1) is 16.9. The summed E-state index contributed by atoms with van der Waals surface area (Å²) in [5, 5.41) is 14.3. The van der Waals surface area contributed by atoms with E-state index in [2.05, 4.69) is 5.10 Å². The predicted molar refractivity (Wildman–Crippen MR) is 82.9 cm³/mol. The van der Waals surface area contributed by atoms with E-state index in [0.29, 0.717) is 16.5 Å². The van der Waals surface area contributed by atoms with Crippen molar-refractivity contribution in [3.05, 3.63) is 35.4 Å². The van der Waals surface area contributed by atoms with Gasteiger partial charge in [0.2, 0.25) is 5.72 Å². The van der Waals surface area contributed by atoms with E-state index in [9.17, 15) is 18.7 Å². The number of rotatable bonds is 5. The number of aryl methyl sites for hydroxylation is 1. The Balaban J connectivity index is 1.96. The van der Waals surface area contributed by atoms with Gasteiger partial charge in [-0.1, -0.05) is 24.3 Å². The van der Waals surface area contributed by atoms with Crippen LogP contribution in [-0.2, 0) is 10.5 Å². The van der Waals surface area contributed by atoms with Crippen LogP contribution in [0.5, 0.6) is 0 Å². The van der Waals surface area contributed by atoms with Gasteiger partial charge in [-0.25, -0.2) is 8.78 Å². The Hall–Kier alpha value is -1.47. The highest BCUT2D eigenvalue weighted by atomic mass is 32.2. The normalized spacial score (nSPS) is 21.4. The van der Waals surface area contributed by atoms with Crippen LogP contribution in [0.15, 0.2) is 29.4 Å². The summed E-state index contributed by atoms with van der Waals surface area (Å²) in [5.41, 5.74) is 0.0110. The summed E-state index contributed by atoms with van der Waals surface area (Å²) in [4.78, 5) is 12.1. The molecule has 0 radical (unpaired) electrons. The number of benzene rings is 1. The minimum atomic E-state index is -3.06. The molecule has 1 heterocycles. The van der Waals surface area contributed by atoms with Gasteiger partial charge in [-0.05, 0) is 25.0 Å². The van der Waals surface area contributed by atoms with Crippen LogP contribution in [-0.4, -0.2) is 39.6 Å². The van der Waals surface area contributed by atoms with Crippen LogP contribution in [0.3, 0.4) is 0 Å². The zero-order chi connectivity index (χ0) is 16.3. The molecule has 1 N–H and O–H groups in total. The van der Waals surface area contributed by atoms with Crippen LogP contribution in [0.1, 0.15) is 24.5 Å². The van der Waals surface area contributed by atoms with Gasteiger partial charge >= 0.3 is 0 Å². The highest BCUT2D eigenvalue weighted by Crippen LogP contribution is 2.32. The Bertz CT molecular complexity index is 595. The van der Waals surface area contributed by atoms with Crippen LogP contribution in [0.25, 0.3) is 0 Å². The van der Waals surface area contributed by atoms with E-state index < -0.39 is 18.1 Å². The monoisotopic (exact) mass is 328 g/mol. The topological polar surface area (TPSA) is 52.9 Å². The number of carbonyl (C=O) groups excluding carboxylic acids is 1. The summed E-state index contributed by atoms with van der Waals surface area (Å²) in [6, 6.07) is 7.77. The molecule has 1 unspecified atom stereocenters. The smallest absolute Gasteiger partial charge is 0.287 e. The number of carbonyl (C=O) groups is 1. The zero-order valence-electron chi connectivity index (χ0n) is 12.4. The van der Waals surface area contributed by atoms with E-state index in [-0.39, 0.29) is 12.2 Å². The molecule has 1 aliphatic heterocycles. The Morgan fingerprint density at radius 2 is 2.14 bits per heavy atom. The maximum atomic E-state index is 13.0. The van der Waals surface area contributed by atoms with Crippen molar-refractivity contribution in [1.82, 2.24) is 5.01 Å². The average molecular weight is 328 g/mol. The van der Waals surface area contributed by atoms with Gasteiger partial charge in [0.25, 0.3) is 12.3 Å². The van der Waals surface area contributed by atoms with E-state index in [1.807, 2.05) is 31.2 Å². The van der Waals surface area contributed by atoms with E-state index in [4.69, 9.17) is 0 Å². The molecule has 1 aromatic rings. The van der Waals surface area contributed by atoms with Gasteiger partial charge in [0, 0.05) is 17.9 Å². The molecule has 1 aliphatic rings. The van der Waals surface area contributed by atoms with Crippen LogP contribution < -0.4 is 0 Å². The maximum absolute atomic E-state index is 13.0. The van der Waals surface area contributed by atoms with Crippen molar-refractivity contribution in [3.8, 4) is 0 Å². The SMILES string of the molecule is CC1=NN(C(=O)CSCc2ccccc2C)C(O)(C(F)F)C1. The molecular formula is C15H18F2N2O2S. The lowest BCUT2D eigenvalue weighted by atomic mass is 10.1. The first-order valence-electron chi connectivity index (χ1n) is 6.84. The molecule has 0 aliphatic carbocycles. The lowest BCUT2D eigenvalue weighted by molar-refractivity contribution is -0.190. The summed E-state index contributed by atoms with van der Waals surface area (Å²) >= 11 is 1.31. The van der Waals surface area contributed by atoms with Gasteiger partial charge in [-0.2, -0.15) is 10.1 Å². The van der Waals surface area contributed by atoms with Crippen molar-refractivity contribution in [1.29, 1.82) is 0 Å². The average Bonchev–Trinajstić information content (AvgIpc) is 2.77. The van der Waals surface area contributed by atoms with Crippen molar-refractivity contribution in [2.75, 3.05) is 5.75 Å². The molecule has 1 amide bonds. The quantitative estimate of drug-likeness (QED) is 0.904. The number of hydrazone groups is 1. The molecule has 0 aromatic heterocycles. The first-order valence-corrected chi connectivity index (χ1v) is 8.00. The largest absolute Gasteiger partial charge is 0.364 e. The third-order valence-corrected chi connectivity index (χ3v) is 4.45. The number of nitrogens with zero attached hydrogens (tertiary/aromatic N) is 2.